The Kier molecular flexibility index (Phi) is 5.80. The molecule has 0 spiro atoms. The van der Waals surface area contributed by atoms with Crippen LogP contribution in [0.15, 0.2) is 18.2 Å². The van der Waals surface area contributed by atoms with Gasteiger partial charge in [-0.3, -0.25) is 14.9 Å². The summed E-state index contributed by atoms with van der Waals surface area (Å²) in [4.78, 5) is 29.1. The second-order valence-corrected chi connectivity index (χ2v) is 9.07. The lowest BCUT2D eigenvalue weighted by Crippen LogP contribution is -2.43. The van der Waals surface area contributed by atoms with Gasteiger partial charge >= 0.3 is 5.97 Å². The third-order valence-electron chi connectivity index (χ3n) is 4.32. The van der Waals surface area contributed by atoms with E-state index < -0.39 is 10.5 Å². The van der Waals surface area contributed by atoms with E-state index in [2.05, 4.69) is 10.3 Å². The molecule has 1 aromatic heterocycles. The van der Waals surface area contributed by atoms with Crippen molar-refractivity contribution >= 4 is 55.7 Å². The molecule has 0 aliphatic carbocycles. The van der Waals surface area contributed by atoms with Gasteiger partial charge in [-0.15, -0.1) is 0 Å². The van der Waals surface area contributed by atoms with Gasteiger partial charge in [0.25, 0.3) is 5.69 Å². The predicted molar refractivity (Wildman–Crippen MR) is 113 cm³/mol. The fourth-order valence-electron chi connectivity index (χ4n) is 2.95. The molecule has 150 valence electrons. The number of benzene rings is 1. The first-order valence-electron chi connectivity index (χ1n) is 8.96. The molecule has 8 nitrogen and oxygen atoms in total. The number of non-ortho nitro benzene ring substituents is 1. The highest BCUT2D eigenvalue weighted by atomic mass is 32.1. The van der Waals surface area contributed by atoms with Gasteiger partial charge < -0.3 is 15.0 Å². The summed E-state index contributed by atoms with van der Waals surface area (Å²) in [5.41, 5.74) is 0.242. The summed E-state index contributed by atoms with van der Waals surface area (Å²) in [6.45, 7) is 6.92. The number of esters is 1. The highest BCUT2D eigenvalue weighted by Gasteiger charge is 2.30. The molecule has 2 aromatic rings. The molecule has 0 radical (unpaired) electrons. The maximum Gasteiger partial charge on any atom is 0.309 e. The number of aromatic nitrogens is 1. The van der Waals surface area contributed by atoms with Crippen LogP contribution in [0.2, 0.25) is 0 Å². The second kappa shape index (κ2) is 7.96. The summed E-state index contributed by atoms with van der Waals surface area (Å²) in [6.07, 6.45) is 1.37. The number of ether oxygens (including phenoxy) is 1. The maximum atomic E-state index is 12.2. The lowest BCUT2D eigenvalue weighted by molar-refractivity contribution is -0.384. The number of anilines is 1. The molecule has 1 saturated heterocycles. The molecule has 3 rings (SSSR count). The number of likely N-dealkylation sites (tertiary alicyclic amines) is 1. The van der Waals surface area contributed by atoms with Crippen molar-refractivity contribution in [2.24, 2.45) is 5.92 Å². The van der Waals surface area contributed by atoms with Gasteiger partial charge in [0.2, 0.25) is 0 Å². The highest BCUT2D eigenvalue weighted by molar-refractivity contribution is 7.80. The van der Waals surface area contributed by atoms with Crippen LogP contribution in [0.5, 0.6) is 0 Å². The van der Waals surface area contributed by atoms with Crippen LogP contribution in [-0.4, -0.2) is 44.6 Å². The Morgan fingerprint density at radius 1 is 1.39 bits per heavy atom. The van der Waals surface area contributed by atoms with Gasteiger partial charge in [0.1, 0.15) is 5.60 Å². The van der Waals surface area contributed by atoms with E-state index in [4.69, 9.17) is 17.0 Å². The zero-order valence-electron chi connectivity index (χ0n) is 15.9. The van der Waals surface area contributed by atoms with E-state index in [1.165, 1.54) is 23.5 Å². The predicted octanol–water partition coefficient (Wildman–Crippen LogP) is 3.96. The fraction of sp³-hybridized carbons (Fsp3) is 0.500. The zero-order chi connectivity index (χ0) is 20.5. The normalized spacial score (nSPS) is 15.5. The average Bonchev–Trinajstić information content (AvgIpc) is 3.01. The SMILES string of the molecule is CC(C)(C)OC(=O)C1CCN(C(=S)Nc2nc3ccc([N+](=O)[O-])cc3s2)CC1. The Labute approximate surface area is 172 Å². The number of nitro groups is 1. The number of nitro benzene ring substituents is 1. The van der Waals surface area contributed by atoms with Crippen LogP contribution in [0.3, 0.4) is 0 Å². The van der Waals surface area contributed by atoms with Crippen LogP contribution >= 0.6 is 23.6 Å². The smallest absolute Gasteiger partial charge is 0.309 e. The van der Waals surface area contributed by atoms with Crippen molar-refractivity contribution < 1.29 is 14.5 Å². The minimum absolute atomic E-state index is 0.0366. The lowest BCUT2D eigenvalue weighted by Gasteiger charge is -2.33. The number of hydrogen-bond acceptors (Lipinski definition) is 7. The second-order valence-electron chi connectivity index (χ2n) is 7.65. The van der Waals surface area contributed by atoms with Crippen molar-refractivity contribution in [2.75, 3.05) is 18.4 Å². The average molecular weight is 423 g/mol. The number of nitrogens with one attached hydrogen (secondary N) is 1. The minimum atomic E-state index is -0.479. The molecule has 1 aliphatic rings. The Morgan fingerprint density at radius 2 is 2.07 bits per heavy atom. The molecule has 0 amide bonds. The van der Waals surface area contributed by atoms with Gasteiger partial charge in [0, 0.05) is 25.2 Å². The number of thiocarbonyl (C=S) groups is 1. The van der Waals surface area contributed by atoms with Crippen LogP contribution in [0.1, 0.15) is 33.6 Å². The fourth-order valence-corrected chi connectivity index (χ4v) is 4.20. The summed E-state index contributed by atoms with van der Waals surface area (Å²) in [6, 6.07) is 4.57. The van der Waals surface area contributed by atoms with E-state index in [-0.39, 0.29) is 17.6 Å². The molecule has 0 bridgehead atoms. The van der Waals surface area contributed by atoms with Gasteiger partial charge in [-0.05, 0) is 51.9 Å². The first kappa shape index (κ1) is 20.4. The van der Waals surface area contributed by atoms with Crippen molar-refractivity contribution in [1.82, 2.24) is 9.88 Å². The van der Waals surface area contributed by atoms with Crippen LogP contribution in [0.25, 0.3) is 10.2 Å². The lowest BCUT2D eigenvalue weighted by atomic mass is 9.97. The maximum absolute atomic E-state index is 12.2. The number of rotatable bonds is 3. The summed E-state index contributed by atoms with van der Waals surface area (Å²) in [5.74, 6) is -0.264. The van der Waals surface area contributed by atoms with E-state index in [1.807, 2.05) is 25.7 Å². The third kappa shape index (κ3) is 4.93. The van der Waals surface area contributed by atoms with Gasteiger partial charge in [-0.2, -0.15) is 0 Å². The van der Waals surface area contributed by atoms with Crippen molar-refractivity contribution in [2.45, 2.75) is 39.2 Å². The molecule has 1 aromatic carbocycles. The number of carbonyl (C=O) groups is 1. The minimum Gasteiger partial charge on any atom is -0.460 e. The first-order chi connectivity index (χ1) is 13.1. The largest absolute Gasteiger partial charge is 0.460 e. The molecule has 28 heavy (non-hydrogen) atoms. The summed E-state index contributed by atoms with van der Waals surface area (Å²) in [5, 5.41) is 15.1. The quantitative estimate of drug-likeness (QED) is 0.344. The number of nitrogens with zero attached hydrogens (tertiary/aromatic N) is 3. The number of thiazole rings is 1. The Balaban J connectivity index is 1.58. The molecule has 1 N–H and O–H groups in total. The topological polar surface area (TPSA) is 97.6 Å². The van der Waals surface area contributed by atoms with Crippen LogP contribution < -0.4 is 5.32 Å². The molecular formula is C18H22N4O4S2. The van der Waals surface area contributed by atoms with Gasteiger partial charge in [-0.25, -0.2) is 4.98 Å². The first-order valence-corrected chi connectivity index (χ1v) is 10.2. The Bertz CT molecular complexity index is 914. The molecule has 1 fully saturated rings. The Hall–Kier alpha value is -2.33. The van der Waals surface area contributed by atoms with Crippen LogP contribution in [-0.2, 0) is 9.53 Å². The molecule has 0 saturated carbocycles. The summed E-state index contributed by atoms with van der Waals surface area (Å²) in [7, 11) is 0. The molecular weight excluding hydrogens is 400 g/mol. The zero-order valence-corrected chi connectivity index (χ0v) is 17.6. The summed E-state index contributed by atoms with van der Waals surface area (Å²) >= 11 is 6.79. The van der Waals surface area contributed by atoms with Gasteiger partial charge in [0.05, 0.1) is 21.1 Å². The van der Waals surface area contributed by atoms with E-state index in [1.54, 1.807) is 6.07 Å². The highest BCUT2D eigenvalue weighted by Crippen LogP contribution is 2.30. The molecule has 2 heterocycles. The van der Waals surface area contributed by atoms with Crippen LogP contribution in [0, 0.1) is 16.0 Å². The third-order valence-corrected chi connectivity index (χ3v) is 5.61. The number of hydrogen-bond donors (Lipinski definition) is 1. The number of carbonyl (C=O) groups excluding carboxylic acids is 1. The summed E-state index contributed by atoms with van der Waals surface area (Å²) < 4.78 is 6.19. The standard InChI is InChI=1S/C18H22N4O4S2/c1-18(2,3)26-15(23)11-6-8-21(9-7-11)17(27)20-16-19-13-5-4-12(22(24)25)10-14(13)28-16/h4-5,10-11H,6-9H2,1-3H3,(H,19,20,27). The number of fused-ring (bicyclic) bond motifs is 1. The number of piperidine rings is 1. The van der Waals surface area contributed by atoms with Crippen molar-refractivity contribution in [3.63, 3.8) is 0 Å². The van der Waals surface area contributed by atoms with Crippen molar-refractivity contribution in [3.05, 3.63) is 28.3 Å². The molecule has 1 aliphatic heterocycles. The van der Waals surface area contributed by atoms with Crippen LogP contribution in [0.4, 0.5) is 10.8 Å². The van der Waals surface area contributed by atoms with E-state index >= 15 is 0 Å². The van der Waals surface area contributed by atoms with Gasteiger partial charge in [-0.1, -0.05) is 11.3 Å². The van der Waals surface area contributed by atoms with Crippen molar-refractivity contribution in [1.29, 1.82) is 0 Å². The van der Waals surface area contributed by atoms with E-state index in [9.17, 15) is 14.9 Å². The van der Waals surface area contributed by atoms with E-state index in [0.717, 1.165) is 4.70 Å². The Morgan fingerprint density at radius 3 is 2.68 bits per heavy atom. The molecule has 0 unspecified atom stereocenters. The van der Waals surface area contributed by atoms with E-state index in [0.29, 0.717) is 41.7 Å². The van der Waals surface area contributed by atoms with Gasteiger partial charge in [0.15, 0.2) is 10.2 Å². The molecule has 10 heteroatoms. The van der Waals surface area contributed by atoms with Crippen molar-refractivity contribution in [3.8, 4) is 0 Å². The molecule has 0 atom stereocenters. The monoisotopic (exact) mass is 422 g/mol.